The predicted molar refractivity (Wildman–Crippen MR) is 309 cm³/mol. The van der Waals surface area contributed by atoms with Gasteiger partial charge in [-0.25, -0.2) is 36.4 Å². The molecule has 6 aromatic rings. The fourth-order valence-electron chi connectivity index (χ4n) is 10.9. The number of fused-ring (bicyclic) bond motifs is 2. The van der Waals surface area contributed by atoms with Crippen molar-refractivity contribution in [2.24, 2.45) is 0 Å². The molecule has 2 fully saturated rings. The lowest BCUT2D eigenvalue weighted by atomic mass is 9.84. The summed E-state index contributed by atoms with van der Waals surface area (Å²) in [6, 6.07) is 22.3. The maximum Gasteiger partial charge on any atom is 0.407 e. The minimum Gasteiger partial charge on any atom is -0.453 e. The summed E-state index contributed by atoms with van der Waals surface area (Å²) in [7, 11) is -4.73. The van der Waals surface area contributed by atoms with Gasteiger partial charge in [-0.15, -0.1) is 0 Å². The molecule has 2 aromatic heterocycles. The average molecular weight is 1160 g/mol. The molecule has 0 saturated carbocycles. The van der Waals surface area contributed by atoms with Gasteiger partial charge in [0.1, 0.15) is 35.8 Å². The minimum atomic E-state index is -3.61. The predicted octanol–water partition coefficient (Wildman–Crippen LogP) is 6.46. The lowest BCUT2D eigenvalue weighted by molar-refractivity contribution is -0.138. The van der Waals surface area contributed by atoms with Gasteiger partial charge in [0.2, 0.25) is 31.9 Å². The van der Waals surface area contributed by atoms with Gasteiger partial charge < -0.3 is 39.9 Å². The van der Waals surface area contributed by atoms with Crippen molar-refractivity contribution in [1.29, 1.82) is 0 Å². The number of methoxy groups -OCH3 is 2. The Bertz CT molecular complexity index is 3500. The summed E-state index contributed by atoms with van der Waals surface area (Å²) in [6.45, 7) is 2.63. The van der Waals surface area contributed by atoms with Gasteiger partial charge in [-0.3, -0.25) is 9.59 Å². The second kappa shape index (κ2) is 24.3. The van der Waals surface area contributed by atoms with Crippen LogP contribution in [0.25, 0.3) is 44.3 Å². The highest BCUT2D eigenvalue weighted by Crippen LogP contribution is 2.38. The number of ether oxygens (including phenoxy) is 2. The van der Waals surface area contributed by atoms with E-state index in [1.165, 1.54) is 22.8 Å². The van der Waals surface area contributed by atoms with Crippen LogP contribution in [-0.2, 0) is 58.4 Å². The number of nitrogens with one attached hydrogen (secondary N) is 4. The number of carbonyl (C=O) groups is 4. The third-order valence-corrected chi connectivity index (χ3v) is 19.1. The van der Waals surface area contributed by atoms with Crippen molar-refractivity contribution in [3.63, 3.8) is 0 Å². The topological polar surface area (TPSA) is 249 Å². The van der Waals surface area contributed by atoms with Crippen LogP contribution >= 0.6 is 23.5 Å². The van der Waals surface area contributed by atoms with Crippen LogP contribution < -0.4 is 10.6 Å². The van der Waals surface area contributed by atoms with E-state index in [9.17, 15) is 36.0 Å². The van der Waals surface area contributed by atoms with E-state index in [0.29, 0.717) is 47.0 Å². The van der Waals surface area contributed by atoms with Crippen molar-refractivity contribution in [2.75, 3.05) is 90.0 Å². The third-order valence-electron chi connectivity index (χ3n) is 15.3. The molecule has 4 amide bonds. The zero-order chi connectivity index (χ0) is 56.3. The first kappa shape index (κ1) is 57.5. The summed E-state index contributed by atoms with van der Waals surface area (Å²) in [6.07, 6.45) is 7.63. The van der Waals surface area contributed by atoms with E-state index >= 15 is 0 Å². The van der Waals surface area contributed by atoms with Crippen LogP contribution in [0.2, 0.25) is 0 Å². The van der Waals surface area contributed by atoms with Crippen LogP contribution in [0.15, 0.2) is 72.8 Å². The van der Waals surface area contributed by atoms with E-state index in [2.05, 4.69) is 76.1 Å². The molecule has 2 saturated heterocycles. The molecule has 4 N–H and O–H groups in total. The first-order valence-electron chi connectivity index (χ1n) is 26.2. The zero-order valence-corrected chi connectivity index (χ0v) is 48.7. The largest absolute Gasteiger partial charge is 0.453 e. The van der Waals surface area contributed by atoms with Gasteiger partial charge in [0.05, 0.1) is 48.8 Å². The standard InChI is InChI=1S/C55H68N10O10S4/c1-33-26-37-11-9-34(27-40(37)38-14-16-42-46(29-38)58-50(56-42)48-31-62(78(6,70)71)20-22-64(48)52(66)44(18-24-76-4)60-54(68)74-2)8-10-35-12-13-36(33)28-41(35)39-15-17-43-47(30-39)59-51(57-43)49-32-63(79(7,72)73)21-23-65(49)53(67)45(19-25-77-5)61-55(69)75-3/h9,11-17,27-30,33,44-45,48-49H,8,10,18-26,31-32H2,1-7H3,(H,56,58)(H,57,59)(H,60,68)(H,61,69)/t33-,44+,45+,48+,49+/m1/s1. The molecule has 0 radical (unpaired) electrons. The number of sulfonamides is 2. The molecular weight excluding hydrogens is 1090 g/mol. The Hall–Kier alpha value is -6.18. The van der Waals surface area contributed by atoms with E-state index < -0.39 is 56.4 Å². The molecule has 4 aliphatic carbocycles. The fraction of sp³-hybridized carbons (Fsp3) is 0.455. The number of alkyl carbamates (subject to hydrolysis) is 2. The number of H-pyrrole nitrogens is 2. The van der Waals surface area contributed by atoms with Crippen LogP contribution in [0, 0.1) is 0 Å². The van der Waals surface area contributed by atoms with Gasteiger partial charge in [-0.1, -0.05) is 55.5 Å². The first-order valence-corrected chi connectivity index (χ1v) is 32.7. The third kappa shape index (κ3) is 12.9. The van der Waals surface area contributed by atoms with E-state index in [0.717, 1.165) is 87.3 Å². The molecule has 0 unspecified atom stereocenters. The van der Waals surface area contributed by atoms with E-state index in [1.54, 1.807) is 33.3 Å². The number of aromatic nitrogens is 4. The van der Waals surface area contributed by atoms with Crippen LogP contribution in [0.4, 0.5) is 9.59 Å². The van der Waals surface area contributed by atoms with Gasteiger partial charge in [-0.2, -0.15) is 32.1 Å². The number of carbonyl (C=O) groups excluding carboxylic acids is 4. The molecule has 79 heavy (non-hydrogen) atoms. The first-order chi connectivity index (χ1) is 37.8. The minimum absolute atomic E-state index is 0.00850. The van der Waals surface area contributed by atoms with Crippen molar-refractivity contribution >= 4 is 89.6 Å². The molecule has 24 heteroatoms. The van der Waals surface area contributed by atoms with Gasteiger partial charge >= 0.3 is 12.2 Å². The number of nitrogens with zero attached hydrogens (tertiary/aromatic N) is 6. The van der Waals surface area contributed by atoms with E-state index in [-0.39, 0.29) is 57.0 Å². The summed E-state index contributed by atoms with van der Waals surface area (Å²) in [4.78, 5) is 73.4. The van der Waals surface area contributed by atoms with Gasteiger partial charge in [-0.05, 0) is 131 Å². The maximum atomic E-state index is 14.3. The summed E-state index contributed by atoms with van der Waals surface area (Å²) < 4.78 is 64.0. The molecule has 20 nitrogen and oxygen atoms in total. The van der Waals surface area contributed by atoms with Crippen molar-refractivity contribution < 1.29 is 45.5 Å². The second-order valence-corrected chi connectivity index (χ2v) is 26.4. The summed E-state index contributed by atoms with van der Waals surface area (Å²) >= 11 is 3.09. The van der Waals surface area contributed by atoms with Crippen molar-refractivity contribution in [1.82, 2.24) is 49.0 Å². The van der Waals surface area contributed by atoms with Gasteiger partial charge in [0.25, 0.3) is 0 Å². The molecule has 2 aliphatic heterocycles. The Morgan fingerprint density at radius 2 is 1.13 bits per heavy atom. The highest BCUT2D eigenvalue weighted by molar-refractivity contribution is 7.98. The molecule has 12 rings (SSSR count). The second-order valence-electron chi connectivity index (χ2n) is 20.5. The normalized spacial score (nSPS) is 19.2. The van der Waals surface area contributed by atoms with Crippen LogP contribution in [0.1, 0.15) is 71.7 Å². The number of amides is 4. The summed E-state index contributed by atoms with van der Waals surface area (Å²) in [5.41, 5.74) is 11.5. The lowest BCUT2D eigenvalue weighted by Gasteiger charge is -2.40. The maximum absolute atomic E-state index is 14.3. The number of benzene rings is 4. The highest BCUT2D eigenvalue weighted by Gasteiger charge is 2.41. The van der Waals surface area contributed by atoms with Crippen molar-refractivity contribution in [2.45, 2.75) is 69.1 Å². The number of rotatable bonds is 16. The molecule has 4 heterocycles. The monoisotopic (exact) mass is 1160 g/mol. The molecular formula is C55H68N10O10S4. The van der Waals surface area contributed by atoms with Crippen molar-refractivity contribution in [3.05, 3.63) is 107 Å². The van der Waals surface area contributed by atoms with E-state index in [4.69, 9.17) is 19.4 Å². The van der Waals surface area contributed by atoms with Gasteiger partial charge in [0, 0.05) is 39.3 Å². The van der Waals surface area contributed by atoms with Crippen LogP contribution in [0.3, 0.4) is 0 Å². The Balaban J connectivity index is 0.993. The smallest absolute Gasteiger partial charge is 0.407 e. The number of imidazole rings is 2. The lowest BCUT2D eigenvalue weighted by Crippen LogP contribution is -2.57. The molecule has 6 aliphatic rings. The van der Waals surface area contributed by atoms with Crippen LogP contribution in [0.5, 0.6) is 0 Å². The Kier molecular flexibility index (Phi) is 17.7. The number of thioether (sulfide) groups is 2. The molecule has 5 atom stereocenters. The average Bonchev–Trinajstić information content (AvgIpc) is 4.22. The molecule has 4 bridgehead atoms. The molecule has 422 valence electrons. The SMILES string of the molecule is COC(=O)N[C@@H](CCSC)C(=O)N1CCN(S(C)(=O)=O)C[C@H]1c1nc2cc(-c3cc4ccc3CCc3ccc(c(-c5ccc6[nH]c([C@@H]7CN(S(C)(=O)=O)CCN7C(=O)[C@H](CCSC)NC(=O)OC)nc6c5)c3)C[C@H]4C)ccc2[nH]1. The number of aromatic amines is 2. The van der Waals surface area contributed by atoms with E-state index in [1.807, 2.05) is 36.8 Å². The Labute approximate surface area is 469 Å². The quantitative estimate of drug-likeness (QED) is 0.0812. The highest BCUT2D eigenvalue weighted by atomic mass is 32.2. The fourth-order valence-corrected chi connectivity index (χ4v) is 13.5. The number of piperazine rings is 2. The summed E-state index contributed by atoms with van der Waals surface area (Å²) in [5, 5.41) is 5.37. The van der Waals surface area contributed by atoms with Crippen LogP contribution in [-0.4, -0.2) is 181 Å². The number of aryl methyl sites for hydroxylation is 2. The zero-order valence-electron chi connectivity index (χ0n) is 45.4. The Morgan fingerprint density at radius 1 is 0.646 bits per heavy atom. The number of hydrogen-bond acceptors (Lipinski definition) is 14. The van der Waals surface area contributed by atoms with Gasteiger partial charge in [0.15, 0.2) is 0 Å². The number of hydrogen-bond donors (Lipinski definition) is 4. The van der Waals surface area contributed by atoms with Crippen molar-refractivity contribution in [3.8, 4) is 22.3 Å². The Morgan fingerprint density at radius 3 is 1.59 bits per heavy atom. The molecule has 4 aromatic carbocycles. The summed E-state index contributed by atoms with van der Waals surface area (Å²) in [5.74, 6) is 1.50. The molecule has 0 spiro atoms.